The van der Waals surface area contributed by atoms with Crippen molar-refractivity contribution in [2.24, 2.45) is 45.8 Å². The van der Waals surface area contributed by atoms with Gasteiger partial charge in [-0.3, -0.25) is 0 Å². The first-order valence-corrected chi connectivity index (χ1v) is 12.2. The van der Waals surface area contributed by atoms with Crippen LogP contribution in [0.15, 0.2) is 0 Å². The third-order valence-corrected chi connectivity index (χ3v) is 11.2. The Balaban J connectivity index is 1.84. The van der Waals surface area contributed by atoms with Crippen molar-refractivity contribution in [2.75, 3.05) is 0 Å². The predicted molar refractivity (Wildman–Crippen MR) is 117 cm³/mol. The third kappa shape index (κ3) is 2.65. The van der Waals surface area contributed by atoms with Crippen LogP contribution in [0.5, 0.6) is 0 Å². The van der Waals surface area contributed by atoms with E-state index in [2.05, 4.69) is 69.2 Å². The Morgan fingerprint density at radius 1 is 0.793 bits per heavy atom. The van der Waals surface area contributed by atoms with Crippen LogP contribution in [-0.4, -0.2) is 28.7 Å². The fraction of sp³-hybridized carbons (Fsp3) is 1.00. The number of aliphatic hydroxyl groups is 1. The van der Waals surface area contributed by atoms with Gasteiger partial charge in [0.05, 0.1) is 17.8 Å². The lowest BCUT2D eigenvalue weighted by Gasteiger charge is -2.73. The smallest absolute Gasteiger partial charge is 0.163 e. The van der Waals surface area contributed by atoms with Crippen LogP contribution in [0.4, 0.5) is 0 Å². The molecular formula is C26H46O3. The first-order valence-electron chi connectivity index (χ1n) is 12.2. The van der Waals surface area contributed by atoms with Gasteiger partial charge in [0, 0.05) is 5.41 Å². The molecule has 0 aromatic carbocycles. The molecule has 3 heteroatoms. The zero-order valence-corrected chi connectivity index (χ0v) is 20.6. The summed E-state index contributed by atoms with van der Waals surface area (Å²) in [6.45, 7) is 23.2. The molecule has 4 aliphatic rings. The highest BCUT2D eigenvalue weighted by Crippen LogP contribution is 2.72. The van der Waals surface area contributed by atoms with Crippen LogP contribution in [0, 0.1) is 45.8 Å². The Labute approximate surface area is 179 Å². The van der Waals surface area contributed by atoms with Gasteiger partial charge in [-0.15, -0.1) is 0 Å². The second kappa shape index (κ2) is 6.23. The van der Waals surface area contributed by atoms with Crippen LogP contribution >= 0.6 is 0 Å². The summed E-state index contributed by atoms with van der Waals surface area (Å²) in [5, 5.41) is 11.6. The normalized spacial score (nSPS) is 62.0. The highest BCUT2D eigenvalue weighted by Gasteiger charge is 2.72. The molecule has 1 saturated heterocycles. The summed E-state index contributed by atoms with van der Waals surface area (Å²) in [7, 11) is 0. The van der Waals surface area contributed by atoms with Crippen molar-refractivity contribution in [2.45, 2.75) is 119 Å². The highest BCUT2D eigenvalue weighted by molar-refractivity contribution is 5.19. The summed E-state index contributed by atoms with van der Waals surface area (Å²) in [6.07, 6.45) is 4.96. The molecule has 0 bridgehead atoms. The van der Waals surface area contributed by atoms with Gasteiger partial charge >= 0.3 is 0 Å². The van der Waals surface area contributed by atoms with E-state index in [-0.39, 0.29) is 28.5 Å². The summed E-state index contributed by atoms with van der Waals surface area (Å²) in [5.41, 5.74) is -0.292. The molecule has 11 unspecified atom stereocenters. The molecule has 29 heavy (non-hydrogen) atoms. The van der Waals surface area contributed by atoms with Gasteiger partial charge in [-0.05, 0) is 93.8 Å². The maximum absolute atomic E-state index is 11.6. The Bertz CT molecular complexity index is 671. The molecule has 3 saturated carbocycles. The molecule has 168 valence electrons. The molecule has 1 N–H and O–H groups in total. The van der Waals surface area contributed by atoms with E-state index < -0.39 is 11.4 Å². The van der Waals surface area contributed by atoms with E-state index in [1.165, 1.54) is 6.42 Å². The fourth-order valence-corrected chi connectivity index (χ4v) is 9.37. The van der Waals surface area contributed by atoms with E-state index in [1.54, 1.807) is 0 Å². The van der Waals surface area contributed by atoms with Gasteiger partial charge < -0.3 is 14.6 Å². The van der Waals surface area contributed by atoms with E-state index in [4.69, 9.17) is 9.47 Å². The number of hydrogen-bond acceptors (Lipinski definition) is 3. The first kappa shape index (κ1) is 22.1. The Morgan fingerprint density at radius 3 is 2.00 bits per heavy atom. The van der Waals surface area contributed by atoms with Gasteiger partial charge in [-0.2, -0.15) is 0 Å². The summed E-state index contributed by atoms with van der Waals surface area (Å²) >= 11 is 0. The lowest BCUT2D eigenvalue weighted by molar-refractivity contribution is -0.402. The molecule has 3 nitrogen and oxygen atoms in total. The van der Waals surface area contributed by atoms with E-state index >= 15 is 0 Å². The molecular weight excluding hydrogens is 360 g/mol. The minimum atomic E-state index is -0.568. The molecule has 3 aliphatic carbocycles. The van der Waals surface area contributed by atoms with Crippen molar-refractivity contribution in [3.63, 3.8) is 0 Å². The monoisotopic (exact) mass is 406 g/mol. The third-order valence-electron chi connectivity index (χ3n) is 11.2. The standard InChI is InChI=1S/C26H46O3/c1-15-11-13-23(7)19(26(15,10)27)12-14-24(8)20(23)16(2)17(3)25(9)18(4)28-22(5,6)29-21(24)25/h15-21,27H,11-14H2,1-10H3. The lowest BCUT2D eigenvalue weighted by atomic mass is 9.35. The van der Waals surface area contributed by atoms with Crippen LogP contribution in [0.2, 0.25) is 0 Å². The van der Waals surface area contributed by atoms with Crippen molar-refractivity contribution >= 4 is 0 Å². The van der Waals surface area contributed by atoms with Crippen molar-refractivity contribution in [1.29, 1.82) is 0 Å². The minimum Gasteiger partial charge on any atom is -0.390 e. The lowest BCUT2D eigenvalue weighted by Crippen LogP contribution is -2.74. The van der Waals surface area contributed by atoms with Crippen LogP contribution in [0.1, 0.15) is 94.9 Å². The summed E-state index contributed by atoms with van der Waals surface area (Å²) < 4.78 is 13.3. The minimum absolute atomic E-state index is 0.00780. The van der Waals surface area contributed by atoms with Crippen molar-refractivity contribution in [3.05, 3.63) is 0 Å². The SMILES string of the molecule is CC1C2C3(C)CCC(C)C(C)(O)C3CCC2(C)C2OC(C)(C)OC(C)C2(C)C1C. The molecule has 1 heterocycles. The molecule has 0 aromatic heterocycles. The topological polar surface area (TPSA) is 38.7 Å². The second-order valence-corrected chi connectivity index (χ2v) is 12.9. The second-order valence-electron chi connectivity index (χ2n) is 12.9. The average molecular weight is 407 g/mol. The number of rotatable bonds is 0. The van der Waals surface area contributed by atoms with E-state index in [0.717, 1.165) is 19.3 Å². The highest BCUT2D eigenvalue weighted by atomic mass is 16.7. The van der Waals surface area contributed by atoms with E-state index in [0.29, 0.717) is 29.6 Å². The molecule has 0 aromatic rings. The number of ether oxygens (including phenoxy) is 2. The van der Waals surface area contributed by atoms with Gasteiger partial charge in [0.1, 0.15) is 0 Å². The maximum atomic E-state index is 11.6. The number of fused-ring (bicyclic) bond motifs is 5. The van der Waals surface area contributed by atoms with Gasteiger partial charge in [0.15, 0.2) is 5.79 Å². The van der Waals surface area contributed by atoms with Gasteiger partial charge in [-0.1, -0.05) is 41.5 Å². The van der Waals surface area contributed by atoms with E-state index in [9.17, 15) is 5.11 Å². The summed E-state index contributed by atoms with van der Waals surface area (Å²) in [6, 6.07) is 0. The molecule has 11 atom stereocenters. The molecule has 4 fully saturated rings. The van der Waals surface area contributed by atoms with Crippen molar-refractivity contribution < 1.29 is 14.6 Å². The summed E-state index contributed by atoms with van der Waals surface area (Å²) in [5.74, 6) is 1.86. The Kier molecular flexibility index (Phi) is 4.74. The average Bonchev–Trinajstić information content (AvgIpc) is 2.59. The van der Waals surface area contributed by atoms with Crippen molar-refractivity contribution in [3.8, 4) is 0 Å². The summed E-state index contributed by atoms with van der Waals surface area (Å²) in [4.78, 5) is 0. The van der Waals surface area contributed by atoms with Gasteiger partial charge in [0.2, 0.25) is 0 Å². The van der Waals surface area contributed by atoms with E-state index in [1.807, 2.05) is 0 Å². The molecule has 4 rings (SSSR count). The molecule has 0 amide bonds. The zero-order chi connectivity index (χ0) is 21.8. The van der Waals surface area contributed by atoms with Crippen LogP contribution in [0.3, 0.4) is 0 Å². The van der Waals surface area contributed by atoms with Crippen molar-refractivity contribution in [1.82, 2.24) is 0 Å². The molecule has 0 radical (unpaired) electrons. The van der Waals surface area contributed by atoms with Gasteiger partial charge in [-0.25, -0.2) is 0 Å². The molecule has 1 aliphatic heterocycles. The van der Waals surface area contributed by atoms with Crippen LogP contribution < -0.4 is 0 Å². The number of hydrogen-bond donors (Lipinski definition) is 1. The Morgan fingerprint density at radius 2 is 1.38 bits per heavy atom. The van der Waals surface area contributed by atoms with Crippen LogP contribution in [-0.2, 0) is 9.47 Å². The fourth-order valence-electron chi connectivity index (χ4n) is 9.37. The quantitative estimate of drug-likeness (QED) is 0.533. The first-order chi connectivity index (χ1) is 13.1. The predicted octanol–water partition coefficient (Wildman–Crippen LogP) is 6.04. The Hall–Kier alpha value is -0.120. The van der Waals surface area contributed by atoms with Gasteiger partial charge in [0.25, 0.3) is 0 Å². The largest absolute Gasteiger partial charge is 0.390 e. The van der Waals surface area contributed by atoms with Crippen LogP contribution in [0.25, 0.3) is 0 Å². The molecule has 0 spiro atoms. The zero-order valence-electron chi connectivity index (χ0n) is 20.6. The maximum Gasteiger partial charge on any atom is 0.163 e.